The van der Waals surface area contributed by atoms with E-state index in [1.807, 2.05) is 6.92 Å². The minimum atomic E-state index is -0.0220. The van der Waals surface area contributed by atoms with Gasteiger partial charge in [0.2, 0.25) is 5.91 Å². The van der Waals surface area contributed by atoms with Crippen LogP contribution >= 0.6 is 0 Å². The molecule has 0 aliphatic heterocycles. The van der Waals surface area contributed by atoms with Crippen LogP contribution in [0.25, 0.3) is 0 Å². The summed E-state index contributed by atoms with van der Waals surface area (Å²) in [4.78, 5) is 10.7. The Balaban J connectivity index is 4.03. The first-order valence-corrected chi connectivity index (χ1v) is 3.47. The van der Waals surface area contributed by atoms with E-state index in [-0.39, 0.29) is 5.91 Å². The van der Waals surface area contributed by atoms with Gasteiger partial charge in [0, 0.05) is 13.1 Å². The average molecular weight is 141 g/mol. The van der Waals surface area contributed by atoms with Crippen LogP contribution < -0.4 is 5.32 Å². The highest BCUT2D eigenvalue weighted by molar-refractivity contribution is 5.87. The van der Waals surface area contributed by atoms with Gasteiger partial charge in [-0.05, 0) is 12.8 Å². The molecule has 2 heteroatoms. The van der Waals surface area contributed by atoms with Crippen LogP contribution in [0.3, 0.4) is 0 Å². The van der Waals surface area contributed by atoms with Gasteiger partial charge >= 0.3 is 0 Å². The number of hydrogen-bond donors (Lipinski definition) is 1. The van der Waals surface area contributed by atoms with Crippen LogP contribution in [0.1, 0.15) is 20.8 Å². The summed E-state index contributed by atoms with van der Waals surface area (Å²) in [5.74, 6) is 0.434. The van der Waals surface area contributed by atoms with E-state index in [0.29, 0.717) is 5.92 Å². The minimum Gasteiger partial charge on any atom is -0.356 e. The van der Waals surface area contributed by atoms with Crippen LogP contribution in [-0.4, -0.2) is 13.0 Å². The summed E-state index contributed by atoms with van der Waals surface area (Å²) < 4.78 is 0. The van der Waals surface area contributed by atoms with Crippen LogP contribution in [0.2, 0.25) is 0 Å². The number of carbonyl (C=O) groups is 1. The lowest BCUT2D eigenvalue weighted by molar-refractivity contribution is -0.116. The van der Waals surface area contributed by atoms with Crippen LogP contribution in [0.4, 0.5) is 0 Å². The maximum atomic E-state index is 10.7. The molecule has 58 valence electrons. The maximum Gasteiger partial charge on any atom is 0.243 e. The van der Waals surface area contributed by atoms with Crippen LogP contribution in [0.5, 0.6) is 0 Å². The Morgan fingerprint density at radius 3 is 2.30 bits per heavy atom. The Bertz CT molecular complexity index is 147. The molecular formula is C8H15NO. The second-order valence-electron chi connectivity index (χ2n) is 2.66. The molecule has 0 aromatic carbocycles. The lowest BCUT2D eigenvalue weighted by Gasteiger charge is -2.02. The van der Waals surface area contributed by atoms with Crippen LogP contribution in [-0.2, 0) is 4.79 Å². The van der Waals surface area contributed by atoms with E-state index in [2.05, 4.69) is 19.2 Å². The number of hydrogen-bond acceptors (Lipinski definition) is 1. The molecular weight excluding hydrogens is 126 g/mol. The highest BCUT2D eigenvalue weighted by atomic mass is 16.1. The van der Waals surface area contributed by atoms with E-state index in [1.54, 1.807) is 13.1 Å². The van der Waals surface area contributed by atoms with Gasteiger partial charge in [0.15, 0.2) is 0 Å². The Kier molecular flexibility index (Phi) is 3.77. The van der Waals surface area contributed by atoms with E-state index in [1.165, 1.54) is 0 Å². The van der Waals surface area contributed by atoms with Crippen LogP contribution in [0, 0.1) is 5.92 Å². The Morgan fingerprint density at radius 2 is 2.00 bits per heavy atom. The Morgan fingerprint density at radius 1 is 1.50 bits per heavy atom. The molecule has 0 aromatic heterocycles. The molecule has 10 heavy (non-hydrogen) atoms. The maximum absolute atomic E-state index is 10.7. The molecule has 0 atom stereocenters. The van der Waals surface area contributed by atoms with Gasteiger partial charge in [-0.25, -0.2) is 0 Å². The second-order valence-corrected chi connectivity index (χ2v) is 2.66. The number of likely N-dealkylation sites (N-methyl/N-ethyl adjacent to an activating group) is 1. The molecule has 0 saturated carbocycles. The van der Waals surface area contributed by atoms with E-state index >= 15 is 0 Å². The van der Waals surface area contributed by atoms with E-state index in [0.717, 1.165) is 5.57 Å². The second kappa shape index (κ2) is 4.09. The lowest BCUT2D eigenvalue weighted by Crippen LogP contribution is -2.15. The fourth-order valence-corrected chi connectivity index (χ4v) is 0.446. The fraction of sp³-hybridized carbons (Fsp3) is 0.625. The number of allylic oxidation sites excluding steroid dienone is 1. The molecule has 0 heterocycles. The standard InChI is InChI=1S/C8H15NO/c1-6(2)7(3)5-8(10)9-4/h5-6H,1-4H3,(H,9,10)/b7-5-. The van der Waals surface area contributed by atoms with Crippen molar-refractivity contribution in [1.29, 1.82) is 0 Å². The molecule has 0 radical (unpaired) electrons. The number of amides is 1. The molecule has 0 rings (SSSR count). The predicted octanol–water partition coefficient (Wildman–Crippen LogP) is 1.33. The van der Waals surface area contributed by atoms with Crippen molar-refractivity contribution in [2.75, 3.05) is 7.05 Å². The zero-order valence-corrected chi connectivity index (χ0v) is 7.06. The summed E-state index contributed by atoms with van der Waals surface area (Å²) in [7, 11) is 1.63. The first kappa shape index (κ1) is 9.21. The molecule has 0 bridgehead atoms. The molecule has 0 unspecified atom stereocenters. The van der Waals surface area contributed by atoms with Crippen LogP contribution in [0.15, 0.2) is 11.6 Å². The lowest BCUT2D eigenvalue weighted by atomic mass is 10.1. The molecule has 0 aliphatic rings. The SMILES string of the molecule is CNC(=O)/C=C(/C)C(C)C. The van der Waals surface area contributed by atoms with Gasteiger partial charge in [-0.1, -0.05) is 19.4 Å². The zero-order chi connectivity index (χ0) is 8.15. The Labute approximate surface area is 62.3 Å². The topological polar surface area (TPSA) is 29.1 Å². The first-order chi connectivity index (χ1) is 4.57. The van der Waals surface area contributed by atoms with E-state index < -0.39 is 0 Å². The molecule has 0 aliphatic carbocycles. The third kappa shape index (κ3) is 3.28. The van der Waals surface area contributed by atoms with Crippen molar-refractivity contribution < 1.29 is 4.79 Å². The fourth-order valence-electron chi connectivity index (χ4n) is 0.446. The highest BCUT2D eigenvalue weighted by Gasteiger charge is 1.97. The molecule has 0 spiro atoms. The van der Waals surface area contributed by atoms with Crippen molar-refractivity contribution in [2.24, 2.45) is 5.92 Å². The normalized spacial score (nSPS) is 11.9. The van der Waals surface area contributed by atoms with Gasteiger partial charge in [0.05, 0.1) is 0 Å². The van der Waals surface area contributed by atoms with Gasteiger partial charge in [0.25, 0.3) is 0 Å². The predicted molar refractivity (Wildman–Crippen MR) is 42.7 cm³/mol. The van der Waals surface area contributed by atoms with Crippen molar-refractivity contribution in [3.8, 4) is 0 Å². The number of carbonyl (C=O) groups excluding carboxylic acids is 1. The third-order valence-corrected chi connectivity index (χ3v) is 1.52. The van der Waals surface area contributed by atoms with Crippen molar-refractivity contribution in [3.05, 3.63) is 11.6 Å². The summed E-state index contributed by atoms with van der Waals surface area (Å²) >= 11 is 0. The molecule has 0 fully saturated rings. The van der Waals surface area contributed by atoms with Gasteiger partial charge in [-0.15, -0.1) is 0 Å². The van der Waals surface area contributed by atoms with Crippen molar-refractivity contribution in [3.63, 3.8) is 0 Å². The molecule has 1 N–H and O–H groups in total. The third-order valence-electron chi connectivity index (χ3n) is 1.52. The smallest absolute Gasteiger partial charge is 0.243 e. The van der Waals surface area contributed by atoms with Crippen molar-refractivity contribution >= 4 is 5.91 Å². The van der Waals surface area contributed by atoms with E-state index in [9.17, 15) is 4.79 Å². The van der Waals surface area contributed by atoms with E-state index in [4.69, 9.17) is 0 Å². The number of rotatable bonds is 2. The number of nitrogens with one attached hydrogen (secondary N) is 1. The summed E-state index contributed by atoms with van der Waals surface area (Å²) in [5.41, 5.74) is 1.11. The van der Waals surface area contributed by atoms with Gasteiger partial charge < -0.3 is 5.32 Å². The van der Waals surface area contributed by atoms with Crippen molar-refractivity contribution in [2.45, 2.75) is 20.8 Å². The monoisotopic (exact) mass is 141 g/mol. The molecule has 1 amide bonds. The highest BCUT2D eigenvalue weighted by Crippen LogP contribution is 2.06. The summed E-state index contributed by atoms with van der Waals surface area (Å²) in [6.45, 7) is 6.09. The summed E-state index contributed by atoms with van der Waals surface area (Å²) in [6, 6.07) is 0. The molecule has 2 nitrogen and oxygen atoms in total. The van der Waals surface area contributed by atoms with Crippen molar-refractivity contribution in [1.82, 2.24) is 5.32 Å². The Hall–Kier alpha value is -0.790. The van der Waals surface area contributed by atoms with Gasteiger partial charge in [-0.2, -0.15) is 0 Å². The first-order valence-electron chi connectivity index (χ1n) is 3.47. The average Bonchev–Trinajstić information content (AvgIpc) is 1.87. The van der Waals surface area contributed by atoms with Gasteiger partial charge in [0.1, 0.15) is 0 Å². The summed E-state index contributed by atoms with van der Waals surface area (Å²) in [5, 5.41) is 2.54. The largest absolute Gasteiger partial charge is 0.356 e. The zero-order valence-electron chi connectivity index (χ0n) is 7.06. The minimum absolute atomic E-state index is 0.0220. The quantitative estimate of drug-likeness (QED) is 0.577. The summed E-state index contributed by atoms with van der Waals surface area (Å²) in [6.07, 6.45) is 1.63. The van der Waals surface area contributed by atoms with Gasteiger partial charge in [-0.3, -0.25) is 4.79 Å². The molecule has 0 aromatic rings. The molecule has 0 saturated heterocycles.